The summed E-state index contributed by atoms with van der Waals surface area (Å²) in [5, 5.41) is 4.15. The molecule has 1 aromatic rings. The predicted octanol–water partition coefficient (Wildman–Crippen LogP) is 0.545. The van der Waals surface area contributed by atoms with Crippen LogP contribution in [-0.4, -0.2) is 39.3 Å². The van der Waals surface area contributed by atoms with Gasteiger partial charge in [0.1, 0.15) is 12.7 Å². The van der Waals surface area contributed by atoms with Gasteiger partial charge in [-0.1, -0.05) is 6.92 Å². The van der Waals surface area contributed by atoms with Gasteiger partial charge in [0.15, 0.2) is 0 Å². The van der Waals surface area contributed by atoms with E-state index in [4.69, 9.17) is 0 Å². The molecule has 0 N–H and O–H groups in total. The first-order valence-corrected chi connectivity index (χ1v) is 4.46. The first kappa shape index (κ1) is 7.73. The maximum atomic E-state index is 4.15. The predicted molar refractivity (Wildman–Crippen MR) is 45.8 cm³/mol. The van der Waals surface area contributed by atoms with Crippen LogP contribution in [0, 0.1) is 0 Å². The standard InChI is InChI=1S/C8H14N4/c1-2-11-4-3-8(5-11)12-7-9-6-10-12/h6-8H,2-5H2,1H3. The van der Waals surface area contributed by atoms with E-state index < -0.39 is 0 Å². The quantitative estimate of drug-likeness (QED) is 0.643. The molecule has 0 spiro atoms. The Morgan fingerprint density at radius 1 is 1.58 bits per heavy atom. The number of rotatable bonds is 2. The van der Waals surface area contributed by atoms with Gasteiger partial charge in [0.25, 0.3) is 0 Å². The smallest absolute Gasteiger partial charge is 0.137 e. The molecule has 1 aliphatic rings. The molecule has 12 heavy (non-hydrogen) atoms. The van der Waals surface area contributed by atoms with Crippen molar-refractivity contribution < 1.29 is 0 Å². The molecule has 1 aromatic heterocycles. The highest BCUT2D eigenvalue weighted by Crippen LogP contribution is 2.19. The fraction of sp³-hybridized carbons (Fsp3) is 0.750. The molecule has 4 heteroatoms. The summed E-state index contributed by atoms with van der Waals surface area (Å²) in [4.78, 5) is 6.39. The zero-order valence-corrected chi connectivity index (χ0v) is 7.35. The van der Waals surface area contributed by atoms with Gasteiger partial charge in [0.2, 0.25) is 0 Å². The summed E-state index contributed by atoms with van der Waals surface area (Å²) < 4.78 is 1.97. The topological polar surface area (TPSA) is 34.0 Å². The van der Waals surface area contributed by atoms with E-state index in [1.165, 1.54) is 13.0 Å². The van der Waals surface area contributed by atoms with Crippen molar-refractivity contribution in [1.29, 1.82) is 0 Å². The number of likely N-dealkylation sites (N-methyl/N-ethyl adjacent to an activating group) is 1. The van der Waals surface area contributed by atoms with E-state index in [9.17, 15) is 0 Å². The zero-order chi connectivity index (χ0) is 8.39. The molecular formula is C8H14N4. The van der Waals surface area contributed by atoms with E-state index in [2.05, 4.69) is 21.9 Å². The van der Waals surface area contributed by atoms with Crippen LogP contribution in [0.1, 0.15) is 19.4 Å². The van der Waals surface area contributed by atoms with Gasteiger partial charge in [-0.25, -0.2) is 9.67 Å². The molecular weight excluding hydrogens is 152 g/mol. The first-order chi connectivity index (χ1) is 5.90. The van der Waals surface area contributed by atoms with Crippen LogP contribution in [0.4, 0.5) is 0 Å². The lowest BCUT2D eigenvalue weighted by Crippen LogP contribution is -2.21. The molecule has 1 saturated heterocycles. The van der Waals surface area contributed by atoms with Crippen LogP contribution in [0.3, 0.4) is 0 Å². The van der Waals surface area contributed by atoms with Crippen molar-refractivity contribution >= 4 is 0 Å². The normalized spacial score (nSPS) is 24.9. The summed E-state index contributed by atoms with van der Waals surface area (Å²) in [6.07, 6.45) is 4.62. The number of hydrogen-bond donors (Lipinski definition) is 0. The Balaban J connectivity index is 2.00. The molecule has 66 valence electrons. The van der Waals surface area contributed by atoms with Gasteiger partial charge in [-0.3, -0.25) is 0 Å². The second-order valence-electron chi connectivity index (χ2n) is 3.21. The SMILES string of the molecule is CCN1CCC(n2cncn2)C1. The summed E-state index contributed by atoms with van der Waals surface area (Å²) in [7, 11) is 0. The highest BCUT2D eigenvalue weighted by Gasteiger charge is 2.22. The molecule has 1 atom stereocenters. The van der Waals surface area contributed by atoms with Crippen LogP contribution in [-0.2, 0) is 0 Å². The number of aromatic nitrogens is 3. The largest absolute Gasteiger partial charge is 0.301 e. The molecule has 1 fully saturated rings. The van der Waals surface area contributed by atoms with Gasteiger partial charge >= 0.3 is 0 Å². The monoisotopic (exact) mass is 166 g/mol. The summed E-state index contributed by atoms with van der Waals surface area (Å²) in [6.45, 7) is 5.66. The van der Waals surface area contributed by atoms with Crippen LogP contribution in [0.25, 0.3) is 0 Å². The van der Waals surface area contributed by atoms with Crippen LogP contribution >= 0.6 is 0 Å². The maximum absolute atomic E-state index is 4.15. The van der Waals surface area contributed by atoms with Gasteiger partial charge in [-0.2, -0.15) is 5.10 Å². The Bertz CT molecular complexity index is 231. The molecule has 0 radical (unpaired) electrons. The van der Waals surface area contributed by atoms with E-state index in [0.717, 1.165) is 13.1 Å². The Morgan fingerprint density at radius 2 is 2.50 bits per heavy atom. The highest BCUT2D eigenvalue weighted by atomic mass is 15.4. The van der Waals surface area contributed by atoms with Crippen molar-refractivity contribution in [3.63, 3.8) is 0 Å². The van der Waals surface area contributed by atoms with Crippen molar-refractivity contribution in [2.45, 2.75) is 19.4 Å². The van der Waals surface area contributed by atoms with E-state index in [1.807, 2.05) is 11.0 Å². The van der Waals surface area contributed by atoms with Gasteiger partial charge in [0.05, 0.1) is 6.04 Å². The zero-order valence-electron chi connectivity index (χ0n) is 7.35. The molecule has 0 aromatic carbocycles. The molecule has 0 bridgehead atoms. The Kier molecular flexibility index (Phi) is 2.08. The minimum absolute atomic E-state index is 0.549. The average Bonchev–Trinajstić information content (AvgIpc) is 2.75. The summed E-state index contributed by atoms with van der Waals surface area (Å²) in [6, 6.07) is 0.549. The lowest BCUT2D eigenvalue weighted by atomic mass is 10.3. The van der Waals surface area contributed by atoms with Crippen molar-refractivity contribution in [2.75, 3.05) is 19.6 Å². The lowest BCUT2D eigenvalue weighted by Gasteiger charge is -2.12. The van der Waals surface area contributed by atoms with Crippen LogP contribution < -0.4 is 0 Å². The molecule has 0 amide bonds. The van der Waals surface area contributed by atoms with Crippen molar-refractivity contribution in [2.24, 2.45) is 0 Å². The first-order valence-electron chi connectivity index (χ1n) is 4.46. The van der Waals surface area contributed by atoms with E-state index >= 15 is 0 Å². The van der Waals surface area contributed by atoms with Crippen molar-refractivity contribution in [3.8, 4) is 0 Å². The Hall–Kier alpha value is -0.900. The second-order valence-corrected chi connectivity index (χ2v) is 3.21. The van der Waals surface area contributed by atoms with E-state index in [-0.39, 0.29) is 0 Å². The van der Waals surface area contributed by atoms with Crippen LogP contribution in [0.5, 0.6) is 0 Å². The highest BCUT2D eigenvalue weighted by molar-refractivity contribution is 4.79. The average molecular weight is 166 g/mol. The molecule has 1 unspecified atom stereocenters. The van der Waals surface area contributed by atoms with Crippen molar-refractivity contribution in [3.05, 3.63) is 12.7 Å². The lowest BCUT2D eigenvalue weighted by molar-refractivity contribution is 0.335. The fourth-order valence-electron chi connectivity index (χ4n) is 1.72. The molecule has 1 aliphatic heterocycles. The number of hydrogen-bond acceptors (Lipinski definition) is 3. The van der Waals surface area contributed by atoms with Crippen molar-refractivity contribution in [1.82, 2.24) is 19.7 Å². The van der Waals surface area contributed by atoms with E-state index in [1.54, 1.807) is 6.33 Å². The minimum atomic E-state index is 0.549. The molecule has 2 heterocycles. The van der Waals surface area contributed by atoms with Gasteiger partial charge in [-0.05, 0) is 13.0 Å². The maximum Gasteiger partial charge on any atom is 0.137 e. The molecule has 2 rings (SSSR count). The van der Waals surface area contributed by atoms with Crippen LogP contribution in [0.2, 0.25) is 0 Å². The Labute approximate surface area is 72.2 Å². The molecule has 0 aliphatic carbocycles. The molecule has 0 saturated carbocycles. The van der Waals surface area contributed by atoms with Gasteiger partial charge in [-0.15, -0.1) is 0 Å². The van der Waals surface area contributed by atoms with Gasteiger partial charge in [0, 0.05) is 13.1 Å². The minimum Gasteiger partial charge on any atom is -0.301 e. The van der Waals surface area contributed by atoms with E-state index in [0.29, 0.717) is 6.04 Å². The van der Waals surface area contributed by atoms with Gasteiger partial charge < -0.3 is 4.90 Å². The van der Waals surface area contributed by atoms with Crippen LogP contribution in [0.15, 0.2) is 12.7 Å². The Morgan fingerprint density at radius 3 is 3.08 bits per heavy atom. The number of nitrogens with zero attached hydrogens (tertiary/aromatic N) is 4. The third-order valence-electron chi connectivity index (χ3n) is 2.51. The fourth-order valence-corrected chi connectivity index (χ4v) is 1.72. The molecule has 4 nitrogen and oxygen atoms in total. The summed E-state index contributed by atoms with van der Waals surface area (Å²) in [5.41, 5.74) is 0. The third kappa shape index (κ3) is 1.34. The second kappa shape index (κ2) is 3.23. The summed E-state index contributed by atoms with van der Waals surface area (Å²) >= 11 is 0. The third-order valence-corrected chi connectivity index (χ3v) is 2.51. The summed E-state index contributed by atoms with van der Waals surface area (Å²) in [5.74, 6) is 0. The number of likely N-dealkylation sites (tertiary alicyclic amines) is 1.